The zero-order chi connectivity index (χ0) is 18.0. The zero-order valence-electron chi connectivity index (χ0n) is 15.4. The normalized spacial score (nSPS) is 22.8. The molecule has 1 aromatic rings. The van der Waals surface area contributed by atoms with Gasteiger partial charge in [-0.1, -0.05) is 0 Å². The number of nitrogens with zero attached hydrogens (tertiary/aromatic N) is 2. The van der Waals surface area contributed by atoms with Crippen molar-refractivity contribution in [3.05, 3.63) is 18.2 Å². The van der Waals surface area contributed by atoms with Gasteiger partial charge < -0.3 is 24.6 Å². The van der Waals surface area contributed by atoms with E-state index in [0.29, 0.717) is 30.3 Å². The van der Waals surface area contributed by atoms with Crippen molar-refractivity contribution in [1.82, 2.24) is 10.2 Å². The van der Waals surface area contributed by atoms with Gasteiger partial charge in [0.2, 0.25) is 11.8 Å². The highest BCUT2D eigenvalue weighted by atomic mass is 35.5. The maximum absolute atomic E-state index is 12.8. The van der Waals surface area contributed by atoms with E-state index in [1.807, 2.05) is 11.8 Å². The lowest BCUT2D eigenvalue weighted by Crippen LogP contribution is -2.54. The van der Waals surface area contributed by atoms with Gasteiger partial charge in [0.25, 0.3) is 0 Å². The van der Waals surface area contributed by atoms with E-state index in [9.17, 15) is 9.59 Å². The molecular weight excluding hydrogens is 358 g/mol. The van der Waals surface area contributed by atoms with Crippen LogP contribution in [0.15, 0.2) is 18.2 Å². The molecule has 0 radical (unpaired) electrons. The Labute approximate surface area is 160 Å². The number of anilines is 1. The monoisotopic (exact) mass is 383 g/mol. The molecule has 0 aliphatic carbocycles. The number of carbonyl (C=O) groups excluding carboxylic acids is 2. The van der Waals surface area contributed by atoms with Crippen molar-refractivity contribution in [3.8, 4) is 11.5 Å². The van der Waals surface area contributed by atoms with E-state index in [4.69, 9.17) is 9.47 Å². The molecule has 2 unspecified atom stereocenters. The first-order valence-corrected chi connectivity index (χ1v) is 8.58. The second-order valence-electron chi connectivity index (χ2n) is 6.56. The molecular formula is C18H26ClN3O4. The molecule has 3 rings (SSSR count). The van der Waals surface area contributed by atoms with Crippen LogP contribution in [0.4, 0.5) is 5.69 Å². The van der Waals surface area contributed by atoms with Crippen molar-refractivity contribution < 1.29 is 19.1 Å². The SMILES string of the molecule is COc1cc(OC)cc(N2CC(C(=O)N3CCNCC3C)CC2=O)c1.Cl. The number of amides is 2. The molecule has 1 aromatic carbocycles. The molecule has 2 heterocycles. The third kappa shape index (κ3) is 4.04. The lowest BCUT2D eigenvalue weighted by molar-refractivity contribution is -0.138. The number of carbonyl (C=O) groups is 2. The van der Waals surface area contributed by atoms with E-state index < -0.39 is 0 Å². The molecule has 2 amide bonds. The fourth-order valence-electron chi connectivity index (χ4n) is 3.47. The summed E-state index contributed by atoms with van der Waals surface area (Å²) in [6, 6.07) is 5.50. The van der Waals surface area contributed by atoms with Gasteiger partial charge in [-0.25, -0.2) is 0 Å². The molecule has 0 aromatic heterocycles. The predicted molar refractivity (Wildman–Crippen MR) is 101 cm³/mol. The molecule has 2 saturated heterocycles. The van der Waals surface area contributed by atoms with Crippen molar-refractivity contribution in [1.29, 1.82) is 0 Å². The van der Waals surface area contributed by atoms with Gasteiger partial charge in [-0.15, -0.1) is 12.4 Å². The molecule has 1 N–H and O–H groups in total. The Morgan fingerprint density at radius 3 is 2.42 bits per heavy atom. The molecule has 2 aliphatic heterocycles. The highest BCUT2D eigenvalue weighted by molar-refractivity contribution is 6.00. The zero-order valence-corrected chi connectivity index (χ0v) is 16.2. The average Bonchev–Trinajstić information content (AvgIpc) is 3.02. The van der Waals surface area contributed by atoms with Crippen molar-refractivity contribution in [2.75, 3.05) is 45.3 Å². The largest absolute Gasteiger partial charge is 0.497 e. The Hall–Kier alpha value is -1.99. The van der Waals surface area contributed by atoms with Gasteiger partial charge in [0.15, 0.2) is 0 Å². The van der Waals surface area contributed by atoms with Crippen LogP contribution in [0.1, 0.15) is 13.3 Å². The summed E-state index contributed by atoms with van der Waals surface area (Å²) in [6.07, 6.45) is 0.245. The minimum Gasteiger partial charge on any atom is -0.497 e. The fraction of sp³-hybridized carbons (Fsp3) is 0.556. The molecule has 7 nitrogen and oxygen atoms in total. The molecule has 0 bridgehead atoms. The number of halogens is 1. The summed E-state index contributed by atoms with van der Waals surface area (Å²) >= 11 is 0. The number of benzene rings is 1. The van der Waals surface area contributed by atoms with E-state index in [0.717, 1.165) is 13.1 Å². The fourth-order valence-corrected chi connectivity index (χ4v) is 3.47. The first-order valence-electron chi connectivity index (χ1n) is 8.58. The maximum atomic E-state index is 12.8. The standard InChI is InChI=1S/C18H25N3O4.ClH/c1-12-10-19-4-5-20(12)18(23)13-6-17(22)21(11-13)14-7-15(24-2)9-16(8-14)25-3;/h7-9,12-13,19H,4-6,10-11H2,1-3H3;1H. The molecule has 2 aliphatic rings. The number of hydrogen-bond donors (Lipinski definition) is 1. The Kier molecular flexibility index (Phi) is 6.72. The first-order chi connectivity index (χ1) is 12.0. The van der Waals surface area contributed by atoms with Gasteiger partial charge in [0, 0.05) is 56.8 Å². The van der Waals surface area contributed by atoms with Crippen LogP contribution >= 0.6 is 12.4 Å². The van der Waals surface area contributed by atoms with Crippen molar-refractivity contribution >= 4 is 29.9 Å². The third-order valence-electron chi connectivity index (χ3n) is 4.91. The van der Waals surface area contributed by atoms with Gasteiger partial charge in [0.05, 0.1) is 25.8 Å². The molecule has 2 fully saturated rings. The van der Waals surface area contributed by atoms with Gasteiger partial charge >= 0.3 is 0 Å². The highest BCUT2D eigenvalue weighted by Crippen LogP contribution is 2.33. The van der Waals surface area contributed by atoms with Gasteiger partial charge in [-0.05, 0) is 6.92 Å². The number of methoxy groups -OCH3 is 2. The van der Waals surface area contributed by atoms with Crippen LogP contribution in [-0.4, -0.2) is 63.2 Å². The van der Waals surface area contributed by atoms with Crippen molar-refractivity contribution in [2.45, 2.75) is 19.4 Å². The summed E-state index contributed by atoms with van der Waals surface area (Å²) in [4.78, 5) is 28.9. The number of hydrogen-bond acceptors (Lipinski definition) is 5. The molecule has 8 heteroatoms. The summed E-state index contributed by atoms with van der Waals surface area (Å²) in [5, 5.41) is 3.28. The van der Waals surface area contributed by atoms with Gasteiger partial charge in [-0.2, -0.15) is 0 Å². The number of piperazine rings is 1. The summed E-state index contributed by atoms with van der Waals surface area (Å²) in [5.74, 6) is 0.960. The number of nitrogens with one attached hydrogen (secondary N) is 1. The Morgan fingerprint density at radius 2 is 1.85 bits per heavy atom. The second-order valence-corrected chi connectivity index (χ2v) is 6.56. The van der Waals surface area contributed by atoms with Crippen LogP contribution in [0.25, 0.3) is 0 Å². The van der Waals surface area contributed by atoms with Crippen molar-refractivity contribution in [2.24, 2.45) is 5.92 Å². The average molecular weight is 384 g/mol. The smallest absolute Gasteiger partial charge is 0.228 e. The highest BCUT2D eigenvalue weighted by Gasteiger charge is 2.39. The minimum absolute atomic E-state index is 0. The Morgan fingerprint density at radius 1 is 1.19 bits per heavy atom. The quantitative estimate of drug-likeness (QED) is 0.848. The minimum atomic E-state index is -0.301. The second kappa shape index (κ2) is 8.60. The third-order valence-corrected chi connectivity index (χ3v) is 4.91. The van der Waals surface area contributed by atoms with E-state index in [1.165, 1.54) is 0 Å². The number of rotatable bonds is 4. The van der Waals surface area contributed by atoms with E-state index in [-0.39, 0.29) is 42.6 Å². The Bertz CT molecular complexity index is 648. The summed E-state index contributed by atoms with van der Waals surface area (Å²) in [5.41, 5.74) is 0.699. The summed E-state index contributed by atoms with van der Waals surface area (Å²) < 4.78 is 10.6. The van der Waals surface area contributed by atoms with Crippen LogP contribution in [0.3, 0.4) is 0 Å². The Balaban J connectivity index is 0.00000243. The van der Waals surface area contributed by atoms with Gasteiger partial charge in [-0.3, -0.25) is 9.59 Å². The molecule has 26 heavy (non-hydrogen) atoms. The van der Waals surface area contributed by atoms with E-state index in [2.05, 4.69) is 5.32 Å². The number of ether oxygens (including phenoxy) is 2. The van der Waals surface area contributed by atoms with Crippen LogP contribution < -0.4 is 19.7 Å². The van der Waals surface area contributed by atoms with Crippen LogP contribution in [0.2, 0.25) is 0 Å². The van der Waals surface area contributed by atoms with Crippen LogP contribution in [-0.2, 0) is 9.59 Å². The molecule has 2 atom stereocenters. The van der Waals surface area contributed by atoms with E-state index >= 15 is 0 Å². The van der Waals surface area contributed by atoms with Gasteiger partial charge in [0.1, 0.15) is 11.5 Å². The molecule has 0 saturated carbocycles. The predicted octanol–water partition coefficient (Wildman–Crippen LogP) is 1.30. The van der Waals surface area contributed by atoms with Crippen LogP contribution in [0.5, 0.6) is 11.5 Å². The topological polar surface area (TPSA) is 71.1 Å². The lowest BCUT2D eigenvalue weighted by atomic mass is 10.1. The van der Waals surface area contributed by atoms with Crippen LogP contribution in [0, 0.1) is 5.92 Å². The maximum Gasteiger partial charge on any atom is 0.228 e. The molecule has 144 valence electrons. The van der Waals surface area contributed by atoms with E-state index in [1.54, 1.807) is 37.3 Å². The summed E-state index contributed by atoms with van der Waals surface area (Å²) in [6.45, 7) is 4.71. The summed E-state index contributed by atoms with van der Waals surface area (Å²) in [7, 11) is 3.14. The first kappa shape index (κ1) is 20.3. The molecule has 0 spiro atoms. The van der Waals surface area contributed by atoms with Crippen molar-refractivity contribution in [3.63, 3.8) is 0 Å². The lowest BCUT2D eigenvalue weighted by Gasteiger charge is -2.35.